The molecule has 12 heteroatoms. The molecule has 2 aromatic rings. The molecular formula is C17H22N4O6S2. The lowest BCUT2D eigenvalue weighted by Gasteiger charge is -2.13. The monoisotopic (exact) mass is 442 g/mol. The molecule has 1 amide bonds. The Hall–Kier alpha value is -2.73. The average Bonchev–Trinajstić information content (AvgIpc) is 3.33. The van der Waals surface area contributed by atoms with Crippen molar-refractivity contribution in [1.29, 1.82) is 0 Å². The van der Waals surface area contributed by atoms with E-state index in [1.165, 1.54) is 37.6 Å². The number of amides is 1. The minimum absolute atomic E-state index is 0.0858. The Morgan fingerprint density at radius 1 is 1.10 bits per heavy atom. The number of nitrogens with zero attached hydrogens (tertiary/aromatic N) is 1. The molecule has 1 aromatic heterocycles. The standard InChI is InChI=1S/C17H22N4O6S2/c1-27-16-9-12(5-6-14(16)20-28(2,23)24)19-29(25,26)13-10-15(18-11-13)17(22)21-7-3-4-8-21/h5-6,9-11,18-20H,3-4,7-8H2,1-2H3. The predicted octanol–water partition coefficient (Wildman–Crippen LogP) is 1.43. The second-order valence-electron chi connectivity index (χ2n) is 6.64. The summed E-state index contributed by atoms with van der Waals surface area (Å²) in [5.74, 6) is -0.0867. The Labute approximate surface area is 169 Å². The summed E-state index contributed by atoms with van der Waals surface area (Å²) in [5.41, 5.74) is 0.560. The van der Waals surface area contributed by atoms with Crippen molar-refractivity contribution in [3.8, 4) is 5.75 Å². The number of aromatic nitrogens is 1. The molecule has 3 N–H and O–H groups in total. The maximum atomic E-state index is 12.7. The first kappa shape index (κ1) is 21.0. The van der Waals surface area contributed by atoms with Crippen molar-refractivity contribution in [3.05, 3.63) is 36.2 Å². The Kier molecular flexibility index (Phi) is 5.75. The summed E-state index contributed by atoms with van der Waals surface area (Å²) in [6, 6.07) is 5.43. The number of aromatic amines is 1. The van der Waals surface area contributed by atoms with Gasteiger partial charge in [-0.1, -0.05) is 0 Å². The van der Waals surface area contributed by atoms with Crippen LogP contribution >= 0.6 is 0 Å². The van der Waals surface area contributed by atoms with Crippen molar-refractivity contribution in [3.63, 3.8) is 0 Å². The molecule has 3 rings (SSSR count). The molecular weight excluding hydrogens is 420 g/mol. The molecule has 2 heterocycles. The van der Waals surface area contributed by atoms with Gasteiger partial charge in [-0.05, 0) is 31.0 Å². The number of ether oxygens (including phenoxy) is 1. The Bertz CT molecular complexity index is 1120. The maximum Gasteiger partial charge on any atom is 0.270 e. The lowest BCUT2D eigenvalue weighted by atomic mass is 10.2. The van der Waals surface area contributed by atoms with E-state index < -0.39 is 20.0 Å². The van der Waals surface area contributed by atoms with Crippen LogP contribution in [0.15, 0.2) is 35.4 Å². The van der Waals surface area contributed by atoms with Gasteiger partial charge in [0.15, 0.2) is 0 Å². The highest BCUT2D eigenvalue weighted by atomic mass is 32.2. The Morgan fingerprint density at radius 3 is 2.41 bits per heavy atom. The first-order valence-electron chi connectivity index (χ1n) is 8.75. The van der Waals surface area contributed by atoms with Gasteiger partial charge in [0.2, 0.25) is 10.0 Å². The van der Waals surface area contributed by atoms with E-state index in [0.29, 0.717) is 13.1 Å². The molecule has 1 aromatic carbocycles. The van der Waals surface area contributed by atoms with Gasteiger partial charge >= 0.3 is 0 Å². The molecule has 0 unspecified atom stereocenters. The zero-order valence-corrected chi connectivity index (χ0v) is 17.6. The fraction of sp³-hybridized carbons (Fsp3) is 0.353. The third kappa shape index (κ3) is 5.01. The molecule has 0 spiro atoms. The third-order valence-corrected chi connectivity index (χ3v) is 6.29. The highest BCUT2D eigenvalue weighted by Gasteiger charge is 2.24. The molecule has 29 heavy (non-hydrogen) atoms. The highest BCUT2D eigenvalue weighted by molar-refractivity contribution is 7.92. The minimum Gasteiger partial charge on any atom is -0.494 e. The van der Waals surface area contributed by atoms with Crippen LogP contribution in [0.1, 0.15) is 23.3 Å². The van der Waals surface area contributed by atoms with Gasteiger partial charge in [0.25, 0.3) is 15.9 Å². The van der Waals surface area contributed by atoms with E-state index in [4.69, 9.17) is 4.74 Å². The van der Waals surface area contributed by atoms with Crippen molar-refractivity contribution < 1.29 is 26.4 Å². The molecule has 1 saturated heterocycles. The molecule has 1 aliphatic heterocycles. The van der Waals surface area contributed by atoms with Gasteiger partial charge in [-0.3, -0.25) is 14.2 Å². The number of methoxy groups -OCH3 is 1. The van der Waals surface area contributed by atoms with E-state index >= 15 is 0 Å². The van der Waals surface area contributed by atoms with Crippen LogP contribution in [0.2, 0.25) is 0 Å². The number of anilines is 2. The van der Waals surface area contributed by atoms with Crippen molar-refractivity contribution >= 4 is 37.3 Å². The van der Waals surface area contributed by atoms with E-state index in [0.717, 1.165) is 19.1 Å². The number of hydrogen-bond donors (Lipinski definition) is 3. The van der Waals surface area contributed by atoms with Crippen molar-refractivity contribution in [2.45, 2.75) is 17.7 Å². The minimum atomic E-state index is -3.97. The van der Waals surface area contributed by atoms with Crippen LogP contribution in [-0.4, -0.2) is 59.1 Å². The predicted molar refractivity (Wildman–Crippen MR) is 108 cm³/mol. The second-order valence-corrected chi connectivity index (χ2v) is 10.1. The second kappa shape index (κ2) is 7.95. The maximum absolute atomic E-state index is 12.7. The van der Waals surface area contributed by atoms with Crippen LogP contribution in [0, 0.1) is 0 Å². The van der Waals surface area contributed by atoms with Crippen LogP contribution in [-0.2, 0) is 20.0 Å². The lowest BCUT2D eigenvalue weighted by Crippen LogP contribution is -2.27. The summed E-state index contributed by atoms with van der Waals surface area (Å²) in [4.78, 5) is 16.7. The van der Waals surface area contributed by atoms with Gasteiger partial charge in [-0.15, -0.1) is 0 Å². The first-order chi connectivity index (χ1) is 13.6. The molecule has 0 aliphatic carbocycles. The Balaban J connectivity index is 1.80. The molecule has 0 saturated carbocycles. The number of likely N-dealkylation sites (tertiary alicyclic amines) is 1. The van der Waals surface area contributed by atoms with Crippen LogP contribution in [0.4, 0.5) is 11.4 Å². The van der Waals surface area contributed by atoms with Gasteiger partial charge in [0.05, 0.1) is 24.7 Å². The number of carbonyl (C=O) groups is 1. The van der Waals surface area contributed by atoms with E-state index in [9.17, 15) is 21.6 Å². The van der Waals surface area contributed by atoms with Gasteiger partial charge in [0, 0.05) is 25.4 Å². The fourth-order valence-electron chi connectivity index (χ4n) is 3.00. The molecule has 1 aliphatic rings. The van der Waals surface area contributed by atoms with E-state index in [-0.39, 0.29) is 33.6 Å². The van der Waals surface area contributed by atoms with Crippen molar-refractivity contribution in [2.24, 2.45) is 0 Å². The quantitative estimate of drug-likeness (QED) is 0.593. The Morgan fingerprint density at radius 2 is 1.79 bits per heavy atom. The lowest BCUT2D eigenvalue weighted by molar-refractivity contribution is 0.0787. The normalized spacial score (nSPS) is 14.6. The topological polar surface area (TPSA) is 138 Å². The number of H-pyrrole nitrogens is 1. The number of rotatable bonds is 7. The highest BCUT2D eigenvalue weighted by Crippen LogP contribution is 2.30. The number of nitrogens with one attached hydrogen (secondary N) is 3. The third-order valence-electron chi connectivity index (χ3n) is 4.34. The van der Waals surface area contributed by atoms with Crippen molar-refractivity contribution in [2.75, 3.05) is 35.9 Å². The molecule has 10 nitrogen and oxygen atoms in total. The van der Waals surface area contributed by atoms with Crippen LogP contribution in [0.25, 0.3) is 0 Å². The van der Waals surface area contributed by atoms with Gasteiger partial charge in [0.1, 0.15) is 16.3 Å². The SMILES string of the molecule is COc1cc(NS(=O)(=O)c2c[nH]c(C(=O)N3CCCC3)c2)ccc1NS(C)(=O)=O. The summed E-state index contributed by atoms with van der Waals surface area (Å²) in [6.07, 6.45) is 4.12. The molecule has 158 valence electrons. The summed E-state index contributed by atoms with van der Waals surface area (Å²) in [7, 11) is -6.15. The number of hydrogen-bond acceptors (Lipinski definition) is 6. The number of benzene rings is 1. The largest absolute Gasteiger partial charge is 0.494 e. The zero-order chi connectivity index (χ0) is 21.2. The molecule has 0 radical (unpaired) electrons. The van der Waals surface area contributed by atoms with E-state index in [1.54, 1.807) is 4.90 Å². The summed E-state index contributed by atoms with van der Waals surface area (Å²) in [6.45, 7) is 1.32. The first-order valence-corrected chi connectivity index (χ1v) is 12.1. The molecule has 1 fully saturated rings. The van der Waals surface area contributed by atoms with E-state index in [2.05, 4.69) is 14.4 Å². The van der Waals surface area contributed by atoms with Crippen LogP contribution in [0.3, 0.4) is 0 Å². The summed E-state index contributed by atoms with van der Waals surface area (Å²) < 4.78 is 57.9. The van der Waals surface area contributed by atoms with Gasteiger partial charge in [-0.25, -0.2) is 16.8 Å². The van der Waals surface area contributed by atoms with Crippen molar-refractivity contribution in [1.82, 2.24) is 9.88 Å². The summed E-state index contributed by atoms with van der Waals surface area (Å²) in [5, 5.41) is 0. The number of sulfonamides is 2. The molecule has 0 bridgehead atoms. The smallest absolute Gasteiger partial charge is 0.270 e. The fourth-order valence-corrected chi connectivity index (χ4v) is 4.61. The van der Waals surface area contributed by atoms with Crippen LogP contribution in [0.5, 0.6) is 5.75 Å². The average molecular weight is 443 g/mol. The van der Waals surface area contributed by atoms with E-state index in [1.807, 2.05) is 0 Å². The zero-order valence-electron chi connectivity index (χ0n) is 15.9. The van der Waals surface area contributed by atoms with Gasteiger partial charge in [-0.2, -0.15) is 0 Å². The van der Waals surface area contributed by atoms with Gasteiger partial charge < -0.3 is 14.6 Å². The van der Waals surface area contributed by atoms with Crippen LogP contribution < -0.4 is 14.2 Å². The number of carbonyl (C=O) groups excluding carboxylic acids is 1. The molecule has 0 atom stereocenters. The summed E-state index contributed by atoms with van der Waals surface area (Å²) >= 11 is 0.